The van der Waals surface area contributed by atoms with E-state index in [0.29, 0.717) is 6.61 Å². The molecule has 0 saturated carbocycles. The zero-order chi connectivity index (χ0) is 12.2. The number of benzene rings is 1. The van der Waals surface area contributed by atoms with Gasteiger partial charge in [0.1, 0.15) is 30.8 Å². The number of furan rings is 1. The lowest BCUT2D eigenvalue weighted by atomic mass is 10.3. The van der Waals surface area contributed by atoms with Crippen molar-refractivity contribution in [2.75, 3.05) is 0 Å². The lowest BCUT2D eigenvalue weighted by Gasteiger charge is -2.10. The standard InChI is InChI=1S/C13H11N3O2/c1-2-6-13(18-8-11-4-3-7-17-11)12(5-1)16-9-14-15-10-16/h1-7,9-10H,8H2. The van der Waals surface area contributed by atoms with Crippen molar-refractivity contribution < 1.29 is 9.15 Å². The number of nitrogens with zero attached hydrogens (tertiary/aromatic N) is 3. The van der Waals surface area contributed by atoms with Gasteiger partial charge in [0.15, 0.2) is 0 Å². The molecule has 0 aliphatic rings. The van der Waals surface area contributed by atoms with Gasteiger partial charge in [-0.2, -0.15) is 0 Å². The van der Waals surface area contributed by atoms with Crippen LogP contribution in [0.4, 0.5) is 0 Å². The van der Waals surface area contributed by atoms with Gasteiger partial charge in [0.25, 0.3) is 0 Å². The van der Waals surface area contributed by atoms with Crippen LogP contribution in [-0.4, -0.2) is 14.8 Å². The first-order valence-corrected chi connectivity index (χ1v) is 5.53. The van der Waals surface area contributed by atoms with Crippen molar-refractivity contribution in [3.05, 3.63) is 61.1 Å². The molecule has 0 atom stereocenters. The molecule has 0 amide bonds. The van der Waals surface area contributed by atoms with Crippen LogP contribution in [0.3, 0.4) is 0 Å². The fraction of sp³-hybridized carbons (Fsp3) is 0.0769. The summed E-state index contributed by atoms with van der Waals surface area (Å²) >= 11 is 0. The Balaban J connectivity index is 1.84. The molecular formula is C13H11N3O2. The molecule has 0 radical (unpaired) electrons. The maximum atomic E-state index is 5.74. The summed E-state index contributed by atoms with van der Waals surface area (Å²) in [5.74, 6) is 1.54. The molecule has 3 rings (SSSR count). The SMILES string of the molecule is c1coc(COc2ccccc2-n2cnnc2)c1. The minimum Gasteiger partial charge on any atom is -0.483 e. The van der Waals surface area contributed by atoms with Crippen LogP contribution in [0.25, 0.3) is 5.69 Å². The Hall–Kier alpha value is -2.56. The summed E-state index contributed by atoms with van der Waals surface area (Å²) in [5.41, 5.74) is 0.897. The second kappa shape index (κ2) is 4.75. The van der Waals surface area contributed by atoms with E-state index in [-0.39, 0.29) is 0 Å². The second-order valence-corrected chi connectivity index (χ2v) is 3.70. The largest absolute Gasteiger partial charge is 0.483 e. The van der Waals surface area contributed by atoms with Crippen LogP contribution in [0.1, 0.15) is 5.76 Å². The zero-order valence-electron chi connectivity index (χ0n) is 9.56. The number of hydrogen-bond acceptors (Lipinski definition) is 4. The topological polar surface area (TPSA) is 53.1 Å². The van der Waals surface area contributed by atoms with Gasteiger partial charge in [-0.15, -0.1) is 10.2 Å². The summed E-state index contributed by atoms with van der Waals surface area (Å²) in [7, 11) is 0. The number of aromatic nitrogens is 3. The van der Waals surface area contributed by atoms with Crippen LogP contribution < -0.4 is 4.74 Å². The number of rotatable bonds is 4. The maximum absolute atomic E-state index is 5.74. The summed E-state index contributed by atoms with van der Waals surface area (Å²) in [4.78, 5) is 0. The summed E-state index contributed by atoms with van der Waals surface area (Å²) in [5, 5.41) is 7.58. The minimum atomic E-state index is 0.395. The summed E-state index contributed by atoms with van der Waals surface area (Å²) < 4.78 is 12.8. The number of hydrogen-bond donors (Lipinski definition) is 0. The fourth-order valence-electron chi connectivity index (χ4n) is 1.66. The predicted molar refractivity (Wildman–Crippen MR) is 64.4 cm³/mol. The summed E-state index contributed by atoms with van der Waals surface area (Å²) in [6.45, 7) is 0.395. The molecule has 0 aliphatic carbocycles. The molecular weight excluding hydrogens is 230 g/mol. The van der Waals surface area contributed by atoms with Crippen molar-refractivity contribution >= 4 is 0 Å². The molecule has 18 heavy (non-hydrogen) atoms. The highest BCUT2D eigenvalue weighted by Gasteiger charge is 2.06. The highest BCUT2D eigenvalue weighted by atomic mass is 16.5. The molecule has 2 heterocycles. The molecule has 1 aromatic carbocycles. The Morgan fingerprint density at radius 3 is 2.67 bits per heavy atom. The lowest BCUT2D eigenvalue weighted by molar-refractivity contribution is 0.269. The Labute approximate surface area is 104 Å². The summed E-state index contributed by atoms with van der Waals surface area (Å²) in [6.07, 6.45) is 4.90. The highest BCUT2D eigenvalue weighted by Crippen LogP contribution is 2.22. The first kappa shape index (κ1) is 10.6. The molecule has 3 aromatic rings. The van der Waals surface area contributed by atoms with Crippen LogP contribution in [0.5, 0.6) is 5.75 Å². The van der Waals surface area contributed by atoms with E-state index in [4.69, 9.17) is 9.15 Å². The van der Waals surface area contributed by atoms with Gasteiger partial charge in [-0.05, 0) is 24.3 Å². The molecule has 0 N–H and O–H groups in total. The van der Waals surface area contributed by atoms with E-state index < -0.39 is 0 Å². The van der Waals surface area contributed by atoms with Crippen molar-refractivity contribution in [1.82, 2.24) is 14.8 Å². The van der Waals surface area contributed by atoms with E-state index in [2.05, 4.69) is 10.2 Å². The van der Waals surface area contributed by atoms with E-state index in [1.165, 1.54) is 0 Å². The van der Waals surface area contributed by atoms with Gasteiger partial charge in [-0.3, -0.25) is 4.57 Å². The third kappa shape index (κ3) is 2.10. The predicted octanol–water partition coefficient (Wildman–Crippen LogP) is 2.44. The molecule has 0 unspecified atom stereocenters. The molecule has 2 aromatic heterocycles. The van der Waals surface area contributed by atoms with Gasteiger partial charge in [-0.1, -0.05) is 12.1 Å². The van der Waals surface area contributed by atoms with Crippen LogP contribution in [0, 0.1) is 0 Å². The van der Waals surface area contributed by atoms with E-state index in [1.807, 2.05) is 36.4 Å². The molecule has 0 fully saturated rings. The van der Waals surface area contributed by atoms with E-state index in [0.717, 1.165) is 17.2 Å². The monoisotopic (exact) mass is 241 g/mol. The lowest BCUT2D eigenvalue weighted by Crippen LogP contribution is -1.99. The molecule has 0 bridgehead atoms. The Morgan fingerprint density at radius 2 is 1.89 bits per heavy atom. The minimum absolute atomic E-state index is 0.395. The van der Waals surface area contributed by atoms with Crippen LogP contribution in [-0.2, 0) is 6.61 Å². The Bertz CT molecular complexity index is 603. The third-order valence-electron chi connectivity index (χ3n) is 2.51. The normalized spacial score (nSPS) is 10.4. The average molecular weight is 241 g/mol. The van der Waals surface area contributed by atoms with Crippen molar-refractivity contribution in [1.29, 1.82) is 0 Å². The average Bonchev–Trinajstić information content (AvgIpc) is 3.10. The first-order valence-electron chi connectivity index (χ1n) is 5.53. The van der Waals surface area contributed by atoms with Crippen LogP contribution in [0.2, 0.25) is 0 Å². The van der Waals surface area contributed by atoms with Crippen molar-refractivity contribution in [2.24, 2.45) is 0 Å². The summed E-state index contributed by atoms with van der Waals surface area (Å²) in [6, 6.07) is 11.4. The Kier molecular flexibility index (Phi) is 2.79. The fourth-order valence-corrected chi connectivity index (χ4v) is 1.66. The molecule has 0 aliphatic heterocycles. The van der Waals surface area contributed by atoms with Gasteiger partial charge in [-0.25, -0.2) is 0 Å². The molecule has 0 saturated heterocycles. The van der Waals surface area contributed by atoms with Crippen LogP contribution >= 0.6 is 0 Å². The number of ether oxygens (including phenoxy) is 1. The van der Waals surface area contributed by atoms with Gasteiger partial charge >= 0.3 is 0 Å². The van der Waals surface area contributed by atoms with Gasteiger partial charge < -0.3 is 9.15 Å². The van der Waals surface area contributed by atoms with Crippen molar-refractivity contribution in [3.8, 4) is 11.4 Å². The van der Waals surface area contributed by atoms with Crippen molar-refractivity contribution in [2.45, 2.75) is 6.61 Å². The molecule has 90 valence electrons. The van der Waals surface area contributed by atoms with E-state index in [9.17, 15) is 0 Å². The van der Waals surface area contributed by atoms with Crippen molar-refractivity contribution in [3.63, 3.8) is 0 Å². The van der Waals surface area contributed by atoms with E-state index >= 15 is 0 Å². The zero-order valence-corrected chi connectivity index (χ0v) is 9.56. The Morgan fingerprint density at radius 1 is 1.06 bits per heavy atom. The molecule has 0 spiro atoms. The van der Waals surface area contributed by atoms with E-state index in [1.54, 1.807) is 23.5 Å². The highest BCUT2D eigenvalue weighted by molar-refractivity contribution is 5.46. The molecule has 5 nitrogen and oxygen atoms in total. The smallest absolute Gasteiger partial charge is 0.146 e. The molecule has 5 heteroatoms. The van der Waals surface area contributed by atoms with Crippen LogP contribution in [0.15, 0.2) is 59.7 Å². The van der Waals surface area contributed by atoms with Gasteiger partial charge in [0.2, 0.25) is 0 Å². The maximum Gasteiger partial charge on any atom is 0.146 e. The second-order valence-electron chi connectivity index (χ2n) is 3.70. The number of para-hydroxylation sites is 2. The van der Waals surface area contributed by atoms with Gasteiger partial charge in [0, 0.05) is 0 Å². The quantitative estimate of drug-likeness (QED) is 0.704. The third-order valence-corrected chi connectivity index (χ3v) is 2.51. The first-order chi connectivity index (χ1) is 8.93. The van der Waals surface area contributed by atoms with Gasteiger partial charge in [0.05, 0.1) is 12.0 Å².